The normalized spacial score (nSPS) is 13.5. The zero-order valence-electron chi connectivity index (χ0n) is 5.83. The van der Waals surface area contributed by atoms with Crippen LogP contribution in [0.4, 0.5) is 22.0 Å². The number of alkyl halides is 5. The van der Waals surface area contributed by atoms with Gasteiger partial charge < -0.3 is 9.47 Å². The van der Waals surface area contributed by atoms with E-state index in [1.807, 2.05) is 0 Å². The van der Waals surface area contributed by atoms with Crippen molar-refractivity contribution in [2.75, 3.05) is 13.2 Å². The van der Waals surface area contributed by atoms with E-state index in [1.165, 1.54) is 0 Å². The van der Waals surface area contributed by atoms with E-state index < -0.39 is 25.5 Å². The maximum atomic E-state index is 11.8. The van der Waals surface area contributed by atoms with Crippen LogP contribution in [0.5, 0.6) is 0 Å². The Morgan fingerprint density at radius 2 is 1.50 bits per heavy atom. The molecule has 0 aromatic rings. The largest absolute Gasteiger partial charge is 0.482 e. The van der Waals surface area contributed by atoms with Crippen LogP contribution in [0.25, 0.3) is 0 Å². The van der Waals surface area contributed by atoms with Crippen molar-refractivity contribution in [2.24, 2.45) is 0 Å². The van der Waals surface area contributed by atoms with E-state index in [1.54, 1.807) is 0 Å². The lowest BCUT2D eigenvalue weighted by Gasteiger charge is -2.18. The molecule has 12 heavy (non-hydrogen) atoms. The van der Waals surface area contributed by atoms with Crippen LogP contribution in [0.1, 0.15) is 0 Å². The molecule has 0 saturated carbocycles. The molecule has 0 aromatic carbocycles. The zero-order valence-corrected chi connectivity index (χ0v) is 5.83. The summed E-state index contributed by atoms with van der Waals surface area (Å²) in [5, 5.41) is 0. The Balaban J connectivity index is 3.88. The number of ether oxygens (including phenoxy) is 2. The van der Waals surface area contributed by atoms with Crippen molar-refractivity contribution in [3.8, 4) is 0 Å². The molecule has 0 aliphatic rings. The maximum absolute atomic E-state index is 11.8. The fraction of sp³-hybridized carbons (Fsp3) is 0.800. The zero-order chi connectivity index (χ0) is 9.83. The van der Waals surface area contributed by atoms with Crippen molar-refractivity contribution in [2.45, 2.75) is 12.3 Å². The predicted octanol–water partition coefficient (Wildman–Crippen LogP) is 1.97. The molecule has 0 aromatic heterocycles. The van der Waals surface area contributed by atoms with Crippen LogP contribution in [0, 0.1) is 7.11 Å². The van der Waals surface area contributed by atoms with Gasteiger partial charge in [0.25, 0.3) is 0 Å². The van der Waals surface area contributed by atoms with Crippen LogP contribution < -0.4 is 0 Å². The van der Waals surface area contributed by atoms with Crippen molar-refractivity contribution in [1.82, 2.24) is 0 Å². The van der Waals surface area contributed by atoms with E-state index in [0.717, 1.165) is 0 Å². The first kappa shape index (κ1) is 11.6. The number of hydrogen-bond acceptors (Lipinski definition) is 2. The molecule has 0 heterocycles. The first-order valence-corrected chi connectivity index (χ1v) is 2.77. The Morgan fingerprint density at radius 3 is 1.83 bits per heavy atom. The molecule has 0 aliphatic heterocycles. The van der Waals surface area contributed by atoms with E-state index in [-0.39, 0.29) is 0 Å². The van der Waals surface area contributed by atoms with E-state index in [4.69, 9.17) is 0 Å². The molecular weight excluding hydrogens is 187 g/mol. The summed E-state index contributed by atoms with van der Waals surface area (Å²) in [4.78, 5) is 0. The third-order valence-electron chi connectivity index (χ3n) is 0.841. The summed E-state index contributed by atoms with van der Waals surface area (Å²) in [5.41, 5.74) is 0. The van der Waals surface area contributed by atoms with Gasteiger partial charge in [-0.2, -0.15) is 22.0 Å². The van der Waals surface area contributed by atoms with Gasteiger partial charge in [0, 0.05) is 0 Å². The third-order valence-corrected chi connectivity index (χ3v) is 0.841. The Kier molecular flexibility index (Phi) is 3.85. The first-order valence-electron chi connectivity index (χ1n) is 2.77. The first-order chi connectivity index (χ1) is 5.31. The molecule has 0 N–H and O–H groups in total. The molecule has 0 rings (SSSR count). The van der Waals surface area contributed by atoms with Crippen LogP contribution in [-0.2, 0) is 9.47 Å². The molecule has 2 nitrogen and oxygen atoms in total. The Labute approximate surface area is 65.3 Å². The summed E-state index contributed by atoms with van der Waals surface area (Å²) in [5.74, 6) is 0. The Bertz CT molecular complexity index is 132. The van der Waals surface area contributed by atoms with Crippen LogP contribution in [-0.4, -0.2) is 25.5 Å². The highest BCUT2D eigenvalue weighted by Crippen LogP contribution is 2.35. The Morgan fingerprint density at radius 1 is 1.00 bits per heavy atom. The molecule has 0 fully saturated rings. The van der Waals surface area contributed by atoms with Gasteiger partial charge in [-0.1, -0.05) is 0 Å². The maximum Gasteiger partial charge on any atom is 0.482 e. The summed E-state index contributed by atoms with van der Waals surface area (Å²) in [6, 6.07) is 0. The smallest absolute Gasteiger partial charge is 0.377 e. The number of rotatable bonds is 4. The quantitative estimate of drug-likeness (QED) is 0.502. The summed E-state index contributed by atoms with van der Waals surface area (Å²) in [6.07, 6.45) is -10.8. The molecule has 0 amide bonds. The molecular formula is C5H6F5O2. The summed E-state index contributed by atoms with van der Waals surface area (Å²) < 4.78 is 64.8. The molecule has 0 atom stereocenters. The lowest BCUT2D eigenvalue weighted by atomic mass is 10.6. The molecule has 73 valence electrons. The molecule has 1 radical (unpaired) electrons. The highest BCUT2D eigenvalue weighted by molar-refractivity contribution is 4.63. The third kappa shape index (κ3) is 3.31. The molecule has 0 unspecified atom stereocenters. The Hall–Kier alpha value is -0.430. The van der Waals surface area contributed by atoms with Crippen molar-refractivity contribution in [3.05, 3.63) is 7.11 Å². The van der Waals surface area contributed by atoms with Gasteiger partial charge in [-0.15, -0.1) is 0 Å². The van der Waals surface area contributed by atoms with Gasteiger partial charge in [0.15, 0.2) is 0 Å². The van der Waals surface area contributed by atoms with E-state index in [9.17, 15) is 22.0 Å². The lowest BCUT2D eigenvalue weighted by Crippen LogP contribution is -2.39. The van der Waals surface area contributed by atoms with E-state index in [0.29, 0.717) is 0 Å². The van der Waals surface area contributed by atoms with E-state index in [2.05, 4.69) is 16.6 Å². The highest BCUT2D eigenvalue weighted by Gasteiger charge is 2.59. The second-order valence-electron chi connectivity index (χ2n) is 1.77. The molecule has 7 heteroatoms. The minimum Gasteiger partial charge on any atom is -0.377 e. The monoisotopic (exact) mass is 193 g/mol. The molecule has 0 bridgehead atoms. The number of halogens is 5. The van der Waals surface area contributed by atoms with Gasteiger partial charge >= 0.3 is 12.3 Å². The van der Waals surface area contributed by atoms with Crippen LogP contribution in [0.15, 0.2) is 0 Å². The molecule has 0 saturated heterocycles. The second kappa shape index (κ2) is 3.99. The van der Waals surface area contributed by atoms with E-state index >= 15 is 0 Å². The standard InChI is InChI=1S/C5H6F5O2/c1-11-2-3-12-5(9,10)4(6,7)8/h1-3H2. The fourth-order valence-corrected chi connectivity index (χ4v) is 0.311. The highest BCUT2D eigenvalue weighted by atomic mass is 19.4. The minimum absolute atomic E-state index is 0.425. The van der Waals surface area contributed by atoms with Crippen molar-refractivity contribution in [3.63, 3.8) is 0 Å². The summed E-state index contributed by atoms with van der Waals surface area (Å²) >= 11 is 0. The van der Waals surface area contributed by atoms with Crippen molar-refractivity contribution >= 4 is 0 Å². The van der Waals surface area contributed by atoms with Gasteiger partial charge in [0.2, 0.25) is 0 Å². The SMILES string of the molecule is [CH2]OCCOC(F)(F)C(F)(F)F. The van der Waals surface area contributed by atoms with Gasteiger partial charge in [-0.3, -0.25) is 0 Å². The van der Waals surface area contributed by atoms with Gasteiger partial charge in [-0.25, -0.2) is 0 Å². The summed E-state index contributed by atoms with van der Waals surface area (Å²) in [7, 11) is 2.76. The summed E-state index contributed by atoms with van der Waals surface area (Å²) in [6.45, 7) is -1.29. The van der Waals surface area contributed by atoms with Gasteiger partial charge in [0.05, 0.1) is 20.3 Å². The predicted molar refractivity (Wildman–Crippen MR) is 28.3 cm³/mol. The average molecular weight is 193 g/mol. The molecule has 0 spiro atoms. The fourth-order valence-electron chi connectivity index (χ4n) is 0.311. The van der Waals surface area contributed by atoms with Crippen LogP contribution in [0.3, 0.4) is 0 Å². The van der Waals surface area contributed by atoms with Gasteiger partial charge in [-0.05, 0) is 0 Å². The van der Waals surface area contributed by atoms with Crippen molar-refractivity contribution < 1.29 is 31.4 Å². The topological polar surface area (TPSA) is 18.5 Å². The van der Waals surface area contributed by atoms with Crippen molar-refractivity contribution in [1.29, 1.82) is 0 Å². The average Bonchev–Trinajstić information content (AvgIpc) is 1.85. The number of hydrogen-bond donors (Lipinski definition) is 0. The van der Waals surface area contributed by atoms with Gasteiger partial charge in [0.1, 0.15) is 0 Å². The second-order valence-corrected chi connectivity index (χ2v) is 1.77. The van der Waals surface area contributed by atoms with Crippen LogP contribution in [0.2, 0.25) is 0 Å². The lowest BCUT2D eigenvalue weighted by molar-refractivity contribution is -0.391. The molecule has 0 aliphatic carbocycles. The minimum atomic E-state index is -5.69. The van der Waals surface area contributed by atoms with Crippen LogP contribution >= 0.6 is 0 Å².